The Hall–Kier alpha value is -2.90. The fourth-order valence-electron chi connectivity index (χ4n) is 2.40. The molecule has 144 valence electrons. The smallest absolute Gasteiger partial charge is 0.281 e. The molecule has 0 aliphatic carbocycles. The van der Waals surface area contributed by atoms with Gasteiger partial charge in [-0.05, 0) is 43.7 Å². The highest BCUT2D eigenvalue weighted by Gasteiger charge is 2.17. The van der Waals surface area contributed by atoms with Crippen LogP contribution in [-0.4, -0.2) is 23.4 Å². The molecule has 2 amide bonds. The van der Waals surface area contributed by atoms with Crippen molar-refractivity contribution in [1.29, 1.82) is 0 Å². The van der Waals surface area contributed by atoms with Crippen LogP contribution in [0.4, 0.5) is 0 Å². The molecule has 0 saturated heterocycles. The maximum absolute atomic E-state index is 12.4. The number of thiazole rings is 1. The SMILES string of the molecule is Cc1cccc(OCC(=O)NNC(=O)c2sc(-c3ccc(Cl)cc3)nc2C)c1. The molecule has 3 aromatic rings. The fourth-order valence-corrected chi connectivity index (χ4v) is 3.49. The Bertz CT molecular complexity index is 1000. The zero-order valence-electron chi connectivity index (χ0n) is 15.3. The van der Waals surface area contributed by atoms with Gasteiger partial charge in [-0.1, -0.05) is 35.9 Å². The van der Waals surface area contributed by atoms with E-state index in [9.17, 15) is 9.59 Å². The van der Waals surface area contributed by atoms with Crippen LogP contribution in [0.5, 0.6) is 5.75 Å². The quantitative estimate of drug-likeness (QED) is 0.619. The van der Waals surface area contributed by atoms with Gasteiger partial charge in [-0.2, -0.15) is 0 Å². The van der Waals surface area contributed by atoms with Gasteiger partial charge in [0.1, 0.15) is 15.6 Å². The summed E-state index contributed by atoms with van der Waals surface area (Å²) >= 11 is 7.14. The van der Waals surface area contributed by atoms with Crippen molar-refractivity contribution in [3.05, 3.63) is 69.7 Å². The average Bonchev–Trinajstić information content (AvgIpc) is 3.07. The number of hydrogen-bond acceptors (Lipinski definition) is 5. The summed E-state index contributed by atoms with van der Waals surface area (Å²) in [6.45, 7) is 3.47. The van der Waals surface area contributed by atoms with E-state index in [4.69, 9.17) is 16.3 Å². The van der Waals surface area contributed by atoms with Gasteiger partial charge in [0.2, 0.25) is 0 Å². The van der Waals surface area contributed by atoms with Gasteiger partial charge in [0.25, 0.3) is 11.8 Å². The Morgan fingerprint density at radius 3 is 2.57 bits per heavy atom. The van der Waals surface area contributed by atoms with Gasteiger partial charge in [0, 0.05) is 10.6 Å². The van der Waals surface area contributed by atoms with Crippen molar-refractivity contribution in [3.63, 3.8) is 0 Å². The molecule has 0 aliphatic rings. The first-order valence-corrected chi connectivity index (χ1v) is 9.64. The summed E-state index contributed by atoms with van der Waals surface area (Å²) in [5.41, 5.74) is 7.22. The first-order chi connectivity index (χ1) is 13.4. The zero-order valence-corrected chi connectivity index (χ0v) is 16.9. The van der Waals surface area contributed by atoms with E-state index in [1.54, 1.807) is 25.1 Å². The van der Waals surface area contributed by atoms with Crippen LogP contribution in [0.2, 0.25) is 5.02 Å². The number of hydrogen-bond donors (Lipinski definition) is 2. The number of carbonyl (C=O) groups excluding carboxylic acids is 2. The molecule has 6 nitrogen and oxygen atoms in total. The van der Waals surface area contributed by atoms with Crippen molar-refractivity contribution in [2.75, 3.05) is 6.61 Å². The molecule has 3 rings (SSSR count). The van der Waals surface area contributed by atoms with Gasteiger partial charge < -0.3 is 4.74 Å². The molecule has 0 bridgehead atoms. The predicted molar refractivity (Wildman–Crippen MR) is 110 cm³/mol. The van der Waals surface area contributed by atoms with E-state index in [1.165, 1.54) is 11.3 Å². The van der Waals surface area contributed by atoms with E-state index >= 15 is 0 Å². The van der Waals surface area contributed by atoms with Gasteiger partial charge in [0.05, 0.1) is 5.69 Å². The normalized spacial score (nSPS) is 10.4. The van der Waals surface area contributed by atoms with E-state index < -0.39 is 11.8 Å². The molecule has 0 unspecified atom stereocenters. The molecule has 2 aromatic carbocycles. The Morgan fingerprint density at radius 1 is 1.11 bits per heavy atom. The van der Waals surface area contributed by atoms with Crippen LogP contribution in [0, 0.1) is 13.8 Å². The number of amides is 2. The van der Waals surface area contributed by atoms with E-state index in [1.807, 2.05) is 37.3 Å². The molecule has 28 heavy (non-hydrogen) atoms. The van der Waals surface area contributed by atoms with Crippen LogP contribution in [0.3, 0.4) is 0 Å². The van der Waals surface area contributed by atoms with E-state index in [2.05, 4.69) is 15.8 Å². The van der Waals surface area contributed by atoms with E-state index in [0.29, 0.717) is 26.4 Å². The number of nitrogens with one attached hydrogen (secondary N) is 2. The van der Waals surface area contributed by atoms with Crippen LogP contribution < -0.4 is 15.6 Å². The standard InChI is InChI=1S/C20H18ClN3O3S/c1-12-4-3-5-16(10-12)27-11-17(25)23-24-19(26)18-13(2)22-20(28-18)14-6-8-15(21)9-7-14/h3-10H,11H2,1-2H3,(H,23,25)(H,24,26). The number of benzene rings is 2. The number of rotatable bonds is 5. The van der Waals surface area contributed by atoms with E-state index in [-0.39, 0.29) is 6.61 Å². The number of nitrogens with zero attached hydrogens (tertiary/aromatic N) is 1. The molecule has 1 aromatic heterocycles. The highest BCUT2D eigenvalue weighted by atomic mass is 35.5. The highest BCUT2D eigenvalue weighted by molar-refractivity contribution is 7.17. The number of carbonyl (C=O) groups is 2. The first-order valence-electron chi connectivity index (χ1n) is 8.44. The summed E-state index contributed by atoms with van der Waals surface area (Å²) in [6.07, 6.45) is 0. The summed E-state index contributed by atoms with van der Waals surface area (Å²) in [7, 11) is 0. The monoisotopic (exact) mass is 415 g/mol. The molecule has 0 saturated carbocycles. The molecule has 0 spiro atoms. The molecular formula is C20H18ClN3O3S. The summed E-state index contributed by atoms with van der Waals surface area (Å²) in [5.74, 6) is -0.304. The molecule has 0 aliphatic heterocycles. The van der Waals surface area contributed by atoms with Crippen molar-refractivity contribution in [3.8, 4) is 16.3 Å². The predicted octanol–water partition coefficient (Wildman–Crippen LogP) is 3.92. The minimum absolute atomic E-state index is 0.207. The van der Waals surface area contributed by atoms with Crippen LogP contribution >= 0.6 is 22.9 Å². The number of aromatic nitrogens is 1. The number of aryl methyl sites for hydroxylation is 2. The summed E-state index contributed by atoms with van der Waals surface area (Å²) in [4.78, 5) is 29.1. The second-order valence-corrected chi connectivity index (χ2v) is 7.48. The Labute approximate surface area is 171 Å². The van der Waals surface area contributed by atoms with Crippen LogP contribution in [-0.2, 0) is 4.79 Å². The Balaban J connectivity index is 1.56. The van der Waals surface area contributed by atoms with Crippen LogP contribution in [0.15, 0.2) is 48.5 Å². The Morgan fingerprint density at radius 2 is 1.86 bits per heavy atom. The van der Waals surface area contributed by atoms with Gasteiger partial charge in [-0.3, -0.25) is 20.4 Å². The van der Waals surface area contributed by atoms with Gasteiger partial charge in [-0.15, -0.1) is 11.3 Å². The lowest BCUT2D eigenvalue weighted by atomic mass is 10.2. The topological polar surface area (TPSA) is 80.3 Å². The lowest BCUT2D eigenvalue weighted by molar-refractivity contribution is -0.123. The summed E-state index contributed by atoms with van der Waals surface area (Å²) < 4.78 is 5.40. The van der Waals surface area contributed by atoms with Crippen molar-refractivity contribution >= 4 is 34.8 Å². The maximum atomic E-state index is 12.4. The first kappa shape index (κ1) is 19.9. The van der Waals surface area contributed by atoms with E-state index in [0.717, 1.165) is 11.1 Å². The van der Waals surface area contributed by atoms with Crippen molar-refractivity contribution < 1.29 is 14.3 Å². The highest BCUT2D eigenvalue weighted by Crippen LogP contribution is 2.28. The number of hydrazine groups is 1. The molecule has 8 heteroatoms. The fraction of sp³-hybridized carbons (Fsp3) is 0.150. The number of halogens is 1. The van der Waals surface area contributed by atoms with Gasteiger partial charge in [0.15, 0.2) is 6.61 Å². The molecule has 2 N–H and O–H groups in total. The van der Waals surface area contributed by atoms with Gasteiger partial charge >= 0.3 is 0 Å². The lowest BCUT2D eigenvalue weighted by Gasteiger charge is -2.08. The third kappa shape index (κ3) is 5.09. The maximum Gasteiger partial charge on any atom is 0.281 e. The van der Waals surface area contributed by atoms with Crippen LogP contribution in [0.1, 0.15) is 20.9 Å². The Kier molecular flexibility index (Phi) is 6.28. The summed E-state index contributed by atoms with van der Waals surface area (Å²) in [5, 5.41) is 1.33. The summed E-state index contributed by atoms with van der Waals surface area (Å²) in [6, 6.07) is 14.6. The van der Waals surface area contributed by atoms with Crippen molar-refractivity contribution in [1.82, 2.24) is 15.8 Å². The van der Waals surface area contributed by atoms with Crippen molar-refractivity contribution in [2.24, 2.45) is 0 Å². The minimum atomic E-state index is -0.463. The third-order valence-electron chi connectivity index (χ3n) is 3.77. The molecular weight excluding hydrogens is 398 g/mol. The molecule has 0 fully saturated rings. The lowest BCUT2D eigenvalue weighted by Crippen LogP contribution is -2.43. The van der Waals surface area contributed by atoms with Gasteiger partial charge in [-0.25, -0.2) is 4.98 Å². The second kappa shape index (κ2) is 8.86. The zero-order chi connectivity index (χ0) is 20.1. The van der Waals surface area contributed by atoms with Crippen molar-refractivity contribution in [2.45, 2.75) is 13.8 Å². The molecule has 0 atom stereocenters. The molecule has 1 heterocycles. The minimum Gasteiger partial charge on any atom is -0.484 e. The number of ether oxygens (including phenoxy) is 1. The second-order valence-electron chi connectivity index (χ2n) is 6.05. The largest absolute Gasteiger partial charge is 0.484 e. The van der Waals surface area contributed by atoms with Crippen LogP contribution in [0.25, 0.3) is 10.6 Å². The third-order valence-corrected chi connectivity index (χ3v) is 5.23. The molecule has 0 radical (unpaired) electrons. The average molecular weight is 416 g/mol.